The average molecular weight is 438 g/mol. The second-order valence-corrected chi connectivity index (χ2v) is 7.56. The van der Waals surface area contributed by atoms with E-state index in [1.807, 2.05) is 48.5 Å². The Kier molecular flexibility index (Phi) is 6.09. The molecule has 1 aliphatic carbocycles. The molecular weight excluding hydrogens is 418 g/mol. The molecule has 1 atom stereocenters. The molecule has 0 bridgehead atoms. The van der Waals surface area contributed by atoms with Crippen molar-refractivity contribution >= 4 is 23.7 Å². The molecule has 1 amide bonds. The van der Waals surface area contributed by atoms with Crippen LogP contribution in [-0.2, 0) is 9.53 Å². The first kappa shape index (κ1) is 20.8. The Morgan fingerprint density at radius 1 is 0.935 bits per heavy atom. The minimum Gasteiger partial charge on any atom is -0.491 e. The van der Waals surface area contributed by atoms with E-state index in [9.17, 15) is 14.7 Å². The second kappa shape index (κ2) is 9.10. The molecule has 0 aromatic heterocycles. The third-order valence-corrected chi connectivity index (χ3v) is 5.42. The summed E-state index contributed by atoms with van der Waals surface area (Å²) in [4.78, 5) is 23.9. The molecule has 3 aromatic carbocycles. The van der Waals surface area contributed by atoms with Crippen LogP contribution in [0.15, 0.2) is 72.8 Å². The van der Waals surface area contributed by atoms with E-state index in [0.29, 0.717) is 10.8 Å². The van der Waals surface area contributed by atoms with Crippen molar-refractivity contribution in [2.75, 3.05) is 13.2 Å². The lowest BCUT2D eigenvalue weighted by molar-refractivity contribution is -0.140. The van der Waals surface area contributed by atoms with Crippen molar-refractivity contribution in [3.8, 4) is 16.9 Å². The normalized spacial score (nSPS) is 13.1. The zero-order valence-corrected chi connectivity index (χ0v) is 17.2. The lowest BCUT2D eigenvalue weighted by Crippen LogP contribution is -2.45. The number of alkyl carbamates (subject to hydrolysis) is 1. The fourth-order valence-electron chi connectivity index (χ4n) is 3.67. The maximum Gasteiger partial charge on any atom is 0.407 e. The topological polar surface area (TPSA) is 84.9 Å². The highest BCUT2D eigenvalue weighted by atomic mass is 35.5. The van der Waals surface area contributed by atoms with Crippen LogP contribution in [0.4, 0.5) is 4.79 Å². The zero-order chi connectivity index (χ0) is 21.8. The Morgan fingerprint density at radius 2 is 1.52 bits per heavy atom. The van der Waals surface area contributed by atoms with Gasteiger partial charge in [-0.2, -0.15) is 0 Å². The van der Waals surface area contributed by atoms with Gasteiger partial charge in [-0.15, -0.1) is 0 Å². The summed E-state index contributed by atoms with van der Waals surface area (Å²) in [5.74, 6) is -0.876. The zero-order valence-electron chi connectivity index (χ0n) is 16.5. The van der Waals surface area contributed by atoms with Crippen molar-refractivity contribution < 1.29 is 24.2 Å². The number of nitrogens with one attached hydrogen (secondary N) is 1. The van der Waals surface area contributed by atoms with Gasteiger partial charge >= 0.3 is 12.1 Å². The smallest absolute Gasteiger partial charge is 0.407 e. The van der Waals surface area contributed by atoms with Gasteiger partial charge in [0.25, 0.3) is 0 Å². The third kappa shape index (κ3) is 4.64. The predicted octanol–water partition coefficient (Wildman–Crippen LogP) is 4.71. The van der Waals surface area contributed by atoms with Gasteiger partial charge in [0.15, 0.2) is 6.04 Å². The Labute approximate surface area is 184 Å². The van der Waals surface area contributed by atoms with Gasteiger partial charge in [-0.3, -0.25) is 0 Å². The number of ether oxygens (including phenoxy) is 2. The summed E-state index contributed by atoms with van der Waals surface area (Å²) in [7, 11) is 0. The number of carbonyl (C=O) groups is 2. The lowest BCUT2D eigenvalue weighted by Gasteiger charge is -2.18. The largest absolute Gasteiger partial charge is 0.491 e. The van der Waals surface area contributed by atoms with Crippen molar-refractivity contribution in [2.24, 2.45) is 0 Å². The van der Waals surface area contributed by atoms with Gasteiger partial charge in [-0.1, -0.05) is 60.1 Å². The number of benzene rings is 3. The van der Waals surface area contributed by atoms with Crippen molar-refractivity contribution in [1.29, 1.82) is 0 Å². The van der Waals surface area contributed by atoms with E-state index in [-0.39, 0.29) is 19.1 Å². The maximum atomic E-state index is 12.3. The Hall–Kier alpha value is -3.51. The van der Waals surface area contributed by atoms with Crippen molar-refractivity contribution in [2.45, 2.75) is 12.0 Å². The number of carboxylic acid groups (broad SMARTS) is 1. The first-order valence-electron chi connectivity index (χ1n) is 9.75. The van der Waals surface area contributed by atoms with E-state index in [4.69, 9.17) is 21.1 Å². The summed E-state index contributed by atoms with van der Waals surface area (Å²) in [6.45, 7) is -0.147. The molecule has 2 N–H and O–H groups in total. The first-order chi connectivity index (χ1) is 15.0. The Bertz CT molecular complexity index is 1050. The summed E-state index contributed by atoms with van der Waals surface area (Å²) in [5, 5.41) is 12.3. The molecule has 7 heteroatoms. The number of rotatable bonds is 7. The van der Waals surface area contributed by atoms with Crippen LogP contribution in [0.25, 0.3) is 11.1 Å². The molecule has 0 fully saturated rings. The summed E-state index contributed by atoms with van der Waals surface area (Å²) in [5.41, 5.74) is 4.40. The van der Waals surface area contributed by atoms with Crippen LogP contribution in [0.5, 0.6) is 5.75 Å². The highest BCUT2D eigenvalue weighted by molar-refractivity contribution is 6.30. The van der Waals surface area contributed by atoms with Crippen molar-refractivity contribution in [1.82, 2.24) is 5.32 Å². The van der Waals surface area contributed by atoms with E-state index < -0.39 is 18.1 Å². The van der Waals surface area contributed by atoms with Crippen LogP contribution in [-0.4, -0.2) is 36.4 Å². The van der Waals surface area contributed by atoms with Crippen LogP contribution in [0.1, 0.15) is 17.0 Å². The summed E-state index contributed by atoms with van der Waals surface area (Å²) in [6.07, 6.45) is -0.811. The average Bonchev–Trinajstić information content (AvgIpc) is 3.10. The van der Waals surface area contributed by atoms with E-state index in [1.165, 1.54) is 0 Å². The summed E-state index contributed by atoms with van der Waals surface area (Å²) < 4.78 is 10.8. The first-order valence-corrected chi connectivity index (χ1v) is 10.1. The monoisotopic (exact) mass is 437 g/mol. The molecule has 158 valence electrons. The fraction of sp³-hybridized carbons (Fsp3) is 0.167. The molecule has 0 heterocycles. The fourth-order valence-corrected chi connectivity index (χ4v) is 3.79. The molecule has 0 unspecified atom stereocenters. The second-order valence-electron chi connectivity index (χ2n) is 7.13. The number of amides is 1. The van der Waals surface area contributed by atoms with Crippen LogP contribution in [0.3, 0.4) is 0 Å². The Balaban J connectivity index is 1.38. The van der Waals surface area contributed by atoms with Crippen LogP contribution < -0.4 is 10.1 Å². The maximum absolute atomic E-state index is 12.3. The lowest BCUT2D eigenvalue weighted by atomic mass is 9.98. The molecule has 0 aliphatic heterocycles. The highest BCUT2D eigenvalue weighted by Gasteiger charge is 2.29. The number of halogens is 1. The Morgan fingerprint density at radius 3 is 2.10 bits per heavy atom. The number of hydrogen-bond acceptors (Lipinski definition) is 4. The minimum absolute atomic E-state index is 0.101. The van der Waals surface area contributed by atoms with Gasteiger partial charge < -0.3 is 19.9 Å². The highest BCUT2D eigenvalue weighted by Crippen LogP contribution is 2.44. The molecular formula is C24H20ClNO5. The van der Waals surface area contributed by atoms with Gasteiger partial charge in [-0.25, -0.2) is 9.59 Å². The molecule has 1 aliphatic rings. The number of fused-ring (bicyclic) bond motifs is 3. The SMILES string of the molecule is O=C(N[C@@H](COc1ccc(Cl)cc1)C(=O)O)OCC1c2ccccc2-c2ccccc21. The molecule has 0 saturated carbocycles. The van der Waals surface area contributed by atoms with E-state index in [2.05, 4.69) is 5.32 Å². The van der Waals surface area contributed by atoms with Gasteiger partial charge in [0.05, 0.1) is 0 Å². The molecule has 0 spiro atoms. The van der Waals surface area contributed by atoms with Crippen LogP contribution in [0, 0.1) is 0 Å². The molecule has 3 aromatic rings. The minimum atomic E-state index is -1.26. The standard InChI is InChI=1S/C24H20ClNO5/c25-15-9-11-16(12-10-15)30-14-22(23(27)28)26-24(29)31-13-21-19-7-3-1-5-17(19)18-6-2-4-8-20(18)21/h1-12,21-22H,13-14H2,(H,26,29)(H,27,28)/t22-/m0/s1. The predicted molar refractivity (Wildman–Crippen MR) is 117 cm³/mol. The van der Waals surface area contributed by atoms with Crippen LogP contribution >= 0.6 is 11.6 Å². The number of carboxylic acids is 1. The summed E-state index contributed by atoms with van der Waals surface area (Å²) in [6, 6.07) is 21.2. The van der Waals surface area contributed by atoms with Crippen molar-refractivity contribution in [3.63, 3.8) is 0 Å². The van der Waals surface area contributed by atoms with Gasteiger partial charge in [0.1, 0.15) is 19.0 Å². The van der Waals surface area contributed by atoms with Crippen molar-refractivity contribution in [3.05, 3.63) is 88.9 Å². The molecule has 4 rings (SSSR count). The number of aliphatic carboxylic acids is 1. The number of hydrogen-bond donors (Lipinski definition) is 2. The molecule has 0 radical (unpaired) electrons. The summed E-state index contributed by atoms with van der Waals surface area (Å²) >= 11 is 5.82. The molecule has 31 heavy (non-hydrogen) atoms. The molecule has 0 saturated heterocycles. The van der Waals surface area contributed by atoms with Gasteiger partial charge in [-0.05, 0) is 46.5 Å². The van der Waals surface area contributed by atoms with Crippen LogP contribution in [0.2, 0.25) is 5.02 Å². The number of carbonyl (C=O) groups excluding carboxylic acids is 1. The molecule has 6 nitrogen and oxygen atoms in total. The van der Waals surface area contributed by atoms with Gasteiger partial charge in [0, 0.05) is 10.9 Å². The third-order valence-electron chi connectivity index (χ3n) is 5.16. The quantitative estimate of drug-likeness (QED) is 0.559. The van der Waals surface area contributed by atoms with E-state index in [0.717, 1.165) is 22.3 Å². The van der Waals surface area contributed by atoms with E-state index >= 15 is 0 Å². The van der Waals surface area contributed by atoms with Gasteiger partial charge in [0.2, 0.25) is 0 Å². The van der Waals surface area contributed by atoms with E-state index in [1.54, 1.807) is 24.3 Å².